The van der Waals surface area contributed by atoms with Crippen LogP contribution in [0.5, 0.6) is 5.75 Å². The minimum absolute atomic E-state index is 0.387. The van der Waals surface area contributed by atoms with Crippen LogP contribution in [0.3, 0.4) is 0 Å². The van der Waals surface area contributed by atoms with Crippen molar-refractivity contribution in [2.45, 2.75) is 46.6 Å². The summed E-state index contributed by atoms with van der Waals surface area (Å²) in [7, 11) is 1.75. The molecule has 0 amide bonds. The number of methoxy groups -OCH3 is 1. The minimum atomic E-state index is 0.387. The van der Waals surface area contributed by atoms with Crippen molar-refractivity contribution in [3.05, 3.63) is 16.3 Å². The van der Waals surface area contributed by atoms with Gasteiger partial charge < -0.3 is 10.1 Å². The fourth-order valence-electron chi connectivity index (χ4n) is 1.88. The summed E-state index contributed by atoms with van der Waals surface area (Å²) in [6, 6.07) is 2.48. The highest BCUT2D eigenvalue weighted by Crippen LogP contribution is 2.35. The lowest BCUT2D eigenvalue weighted by Crippen LogP contribution is -2.22. The van der Waals surface area contributed by atoms with E-state index in [0.29, 0.717) is 11.5 Å². The number of ether oxygens (including phenoxy) is 1. The highest BCUT2D eigenvalue weighted by atomic mass is 32.1. The molecule has 17 heavy (non-hydrogen) atoms. The topological polar surface area (TPSA) is 21.3 Å². The largest absolute Gasteiger partial charge is 0.496 e. The van der Waals surface area contributed by atoms with Gasteiger partial charge in [-0.3, -0.25) is 0 Å². The Morgan fingerprint density at radius 1 is 1.41 bits per heavy atom. The van der Waals surface area contributed by atoms with E-state index < -0.39 is 0 Å². The minimum Gasteiger partial charge on any atom is -0.496 e. The Morgan fingerprint density at radius 2 is 2.12 bits per heavy atom. The van der Waals surface area contributed by atoms with E-state index in [1.54, 1.807) is 18.4 Å². The van der Waals surface area contributed by atoms with Gasteiger partial charge in [0.15, 0.2) is 0 Å². The van der Waals surface area contributed by atoms with Gasteiger partial charge in [-0.15, -0.1) is 11.3 Å². The van der Waals surface area contributed by atoms with Gasteiger partial charge in [0.2, 0.25) is 0 Å². The van der Waals surface area contributed by atoms with E-state index in [1.165, 1.54) is 11.3 Å². The molecule has 0 radical (unpaired) electrons. The third-order valence-electron chi connectivity index (χ3n) is 2.83. The lowest BCUT2D eigenvalue weighted by Gasteiger charge is -2.23. The third kappa shape index (κ3) is 4.68. The molecule has 1 aromatic heterocycles. The lowest BCUT2D eigenvalue weighted by molar-refractivity contribution is 0.330. The summed E-state index contributed by atoms with van der Waals surface area (Å²) in [4.78, 5) is 1.33. The van der Waals surface area contributed by atoms with E-state index >= 15 is 0 Å². The van der Waals surface area contributed by atoms with Gasteiger partial charge in [-0.25, -0.2) is 0 Å². The molecule has 1 N–H and O–H groups in total. The number of hydrogen-bond acceptors (Lipinski definition) is 3. The Labute approximate surface area is 109 Å². The zero-order chi connectivity index (χ0) is 12.9. The number of hydrogen-bond donors (Lipinski definition) is 1. The van der Waals surface area contributed by atoms with Crippen LogP contribution in [-0.2, 0) is 0 Å². The molecule has 1 heterocycles. The van der Waals surface area contributed by atoms with Crippen LogP contribution < -0.4 is 10.1 Å². The summed E-state index contributed by atoms with van der Waals surface area (Å²) in [5.74, 6) is 1.02. The lowest BCUT2D eigenvalue weighted by atomic mass is 9.88. The molecule has 1 rings (SSSR count). The third-order valence-corrected chi connectivity index (χ3v) is 3.84. The second-order valence-corrected chi connectivity index (χ2v) is 6.51. The van der Waals surface area contributed by atoms with Crippen LogP contribution in [0.4, 0.5) is 0 Å². The standard InChI is InChI=1S/C14H25NOS/c1-6-15-11(7-9-14(2,3)4)13-12(16-5)8-10-17-13/h8,10-11,15H,6-7,9H2,1-5H3. The second kappa shape index (κ2) is 6.41. The van der Waals surface area contributed by atoms with Crippen molar-refractivity contribution in [2.75, 3.05) is 13.7 Å². The molecule has 0 saturated heterocycles. The molecule has 0 bridgehead atoms. The zero-order valence-electron chi connectivity index (χ0n) is 11.7. The second-order valence-electron chi connectivity index (χ2n) is 5.56. The van der Waals surface area contributed by atoms with Gasteiger partial charge in [0.05, 0.1) is 12.0 Å². The summed E-state index contributed by atoms with van der Waals surface area (Å²) in [5, 5.41) is 5.67. The average molecular weight is 255 g/mol. The normalized spacial score (nSPS) is 13.7. The van der Waals surface area contributed by atoms with Crippen molar-refractivity contribution in [3.8, 4) is 5.75 Å². The smallest absolute Gasteiger partial charge is 0.134 e. The molecule has 98 valence electrons. The molecular weight excluding hydrogens is 230 g/mol. The first-order chi connectivity index (χ1) is 7.98. The molecule has 0 aliphatic carbocycles. The SMILES string of the molecule is CCNC(CCC(C)(C)C)c1sccc1OC. The predicted molar refractivity (Wildman–Crippen MR) is 76.0 cm³/mol. The van der Waals surface area contributed by atoms with Crippen molar-refractivity contribution in [1.82, 2.24) is 5.32 Å². The molecule has 0 fully saturated rings. The summed E-state index contributed by atoms with van der Waals surface area (Å²) in [5.41, 5.74) is 0.387. The van der Waals surface area contributed by atoms with Crippen LogP contribution in [0.25, 0.3) is 0 Å². The predicted octanol–water partition coefficient (Wildman–Crippen LogP) is 4.23. The van der Waals surface area contributed by atoms with Gasteiger partial charge in [0, 0.05) is 6.04 Å². The number of rotatable bonds is 6. The van der Waals surface area contributed by atoms with E-state index in [1.807, 2.05) is 0 Å². The van der Waals surface area contributed by atoms with Gasteiger partial charge in [0.25, 0.3) is 0 Å². The van der Waals surface area contributed by atoms with Crippen molar-refractivity contribution in [2.24, 2.45) is 5.41 Å². The van der Waals surface area contributed by atoms with Crippen molar-refractivity contribution < 1.29 is 4.74 Å². The maximum atomic E-state index is 5.41. The van der Waals surface area contributed by atoms with Gasteiger partial charge in [0.1, 0.15) is 5.75 Å². The summed E-state index contributed by atoms with van der Waals surface area (Å²) in [6.45, 7) is 10.0. The molecule has 0 aliphatic heterocycles. The maximum absolute atomic E-state index is 5.41. The first-order valence-electron chi connectivity index (χ1n) is 6.32. The molecule has 0 spiro atoms. The van der Waals surface area contributed by atoms with Gasteiger partial charge in [-0.05, 0) is 36.2 Å². The summed E-state index contributed by atoms with van der Waals surface area (Å²) < 4.78 is 5.41. The first kappa shape index (κ1) is 14.5. The Kier molecular flexibility index (Phi) is 5.47. The van der Waals surface area contributed by atoms with Gasteiger partial charge in [-0.2, -0.15) is 0 Å². The van der Waals surface area contributed by atoms with Crippen LogP contribution in [0, 0.1) is 5.41 Å². The molecular formula is C14H25NOS. The van der Waals surface area contributed by atoms with E-state index in [4.69, 9.17) is 4.74 Å². The molecule has 1 atom stereocenters. The van der Waals surface area contributed by atoms with Crippen LogP contribution in [0.15, 0.2) is 11.4 Å². The maximum Gasteiger partial charge on any atom is 0.134 e. The van der Waals surface area contributed by atoms with E-state index in [-0.39, 0.29) is 0 Å². The monoisotopic (exact) mass is 255 g/mol. The quantitative estimate of drug-likeness (QED) is 0.821. The fraction of sp³-hybridized carbons (Fsp3) is 0.714. The van der Waals surface area contributed by atoms with E-state index in [9.17, 15) is 0 Å². The van der Waals surface area contributed by atoms with Crippen LogP contribution >= 0.6 is 11.3 Å². The first-order valence-corrected chi connectivity index (χ1v) is 7.20. The van der Waals surface area contributed by atoms with Gasteiger partial charge in [-0.1, -0.05) is 27.7 Å². The zero-order valence-corrected chi connectivity index (χ0v) is 12.5. The summed E-state index contributed by atoms with van der Waals surface area (Å²) >= 11 is 1.79. The van der Waals surface area contributed by atoms with Crippen molar-refractivity contribution >= 4 is 11.3 Å². The summed E-state index contributed by atoms with van der Waals surface area (Å²) in [6.07, 6.45) is 2.37. The Hall–Kier alpha value is -0.540. The highest BCUT2D eigenvalue weighted by Gasteiger charge is 2.19. The molecule has 0 saturated carbocycles. The number of thiophene rings is 1. The fourth-order valence-corrected chi connectivity index (χ4v) is 2.85. The molecule has 1 aromatic rings. The van der Waals surface area contributed by atoms with Crippen molar-refractivity contribution in [1.29, 1.82) is 0 Å². The van der Waals surface area contributed by atoms with Crippen LogP contribution in [0.1, 0.15) is 51.5 Å². The van der Waals surface area contributed by atoms with Crippen LogP contribution in [0.2, 0.25) is 0 Å². The Balaban J connectivity index is 2.71. The van der Waals surface area contributed by atoms with Gasteiger partial charge >= 0.3 is 0 Å². The van der Waals surface area contributed by atoms with Crippen molar-refractivity contribution in [3.63, 3.8) is 0 Å². The van der Waals surface area contributed by atoms with E-state index in [2.05, 4.69) is 44.5 Å². The van der Waals surface area contributed by atoms with Crippen LogP contribution in [-0.4, -0.2) is 13.7 Å². The Bertz CT molecular complexity index is 327. The molecule has 1 unspecified atom stereocenters. The Morgan fingerprint density at radius 3 is 2.65 bits per heavy atom. The molecule has 2 nitrogen and oxygen atoms in total. The molecule has 0 aromatic carbocycles. The average Bonchev–Trinajstić information content (AvgIpc) is 2.70. The highest BCUT2D eigenvalue weighted by molar-refractivity contribution is 7.10. The molecule has 3 heteroatoms. The number of nitrogens with one attached hydrogen (secondary N) is 1. The van der Waals surface area contributed by atoms with E-state index in [0.717, 1.165) is 18.7 Å². The molecule has 0 aliphatic rings.